The number of benzene rings is 1. The van der Waals surface area contributed by atoms with Crippen LogP contribution < -0.4 is 10.2 Å². The molecule has 33 heavy (non-hydrogen) atoms. The summed E-state index contributed by atoms with van der Waals surface area (Å²) in [5, 5.41) is 4.42. The number of nitrogens with zero attached hydrogens (tertiary/aromatic N) is 3. The molecule has 1 N–H and O–H groups in total. The van der Waals surface area contributed by atoms with Gasteiger partial charge in [0.1, 0.15) is 11.5 Å². The molecule has 0 unspecified atom stereocenters. The molecule has 2 heterocycles. The average Bonchev–Trinajstić information content (AvgIpc) is 3.19. The molecule has 2 aliphatic rings. The van der Waals surface area contributed by atoms with Crippen molar-refractivity contribution in [3.05, 3.63) is 52.5 Å². The molecule has 0 atom stereocenters. The van der Waals surface area contributed by atoms with Crippen LogP contribution in [0.4, 0.5) is 0 Å². The second kappa shape index (κ2) is 9.79. The summed E-state index contributed by atoms with van der Waals surface area (Å²) in [5.41, 5.74) is 5.56. The van der Waals surface area contributed by atoms with Crippen molar-refractivity contribution in [3.8, 4) is 5.75 Å². The van der Waals surface area contributed by atoms with Gasteiger partial charge in [-0.05, 0) is 77.0 Å². The third-order valence-electron chi connectivity index (χ3n) is 6.72. The van der Waals surface area contributed by atoms with E-state index in [9.17, 15) is 9.59 Å². The molecule has 1 aromatic heterocycles. The standard InChI is InChI=1S/C25H32N4O4/c1-16-22-20(26-27-24(30)17-8-10-19(32-4)11-9-17)6-5-7-21(22)33-23(16)25(31)29(3)18-12-14-28(2)15-13-18/h8-11,18H,5-7,12-15H2,1-4H3,(H,27,30)/b26-20+. The Balaban J connectivity index is 1.52. The number of hydrogen-bond acceptors (Lipinski definition) is 6. The minimum Gasteiger partial charge on any atom is -0.497 e. The van der Waals surface area contributed by atoms with Crippen molar-refractivity contribution in [1.29, 1.82) is 0 Å². The Kier molecular flexibility index (Phi) is 6.83. The summed E-state index contributed by atoms with van der Waals surface area (Å²) < 4.78 is 11.2. The topological polar surface area (TPSA) is 87.4 Å². The zero-order valence-electron chi connectivity index (χ0n) is 19.8. The number of carbonyl (C=O) groups is 2. The molecule has 1 aromatic carbocycles. The van der Waals surface area contributed by atoms with Crippen molar-refractivity contribution in [1.82, 2.24) is 15.2 Å². The summed E-state index contributed by atoms with van der Waals surface area (Å²) in [6.07, 6.45) is 4.25. The quantitative estimate of drug-likeness (QED) is 0.704. The van der Waals surface area contributed by atoms with E-state index in [-0.39, 0.29) is 17.9 Å². The third kappa shape index (κ3) is 4.80. The molecule has 0 saturated carbocycles. The fourth-order valence-corrected chi connectivity index (χ4v) is 4.62. The van der Waals surface area contributed by atoms with E-state index in [1.807, 2.05) is 18.9 Å². The minimum atomic E-state index is -0.295. The van der Waals surface area contributed by atoms with E-state index in [4.69, 9.17) is 9.15 Å². The first kappa shape index (κ1) is 23.0. The zero-order chi connectivity index (χ0) is 23.5. The predicted molar refractivity (Wildman–Crippen MR) is 126 cm³/mol. The molecule has 1 fully saturated rings. The molecule has 2 aromatic rings. The van der Waals surface area contributed by atoms with Gasteiger partial charge in [0.15, 0.2) is 5.76 Å². The van der Waals surface area contributed by atoms with E-state index >= 15 is 0 Å². The summed E-state index contributed by atoms with van der Waals surface area (Å²) in [5.74, 6) is 1.47. The maximum Gasteiger partial charge on any atom is 0.289 e. The van der Waals surface area contributed by atoms with Gasteiger partial charge in [-0.15, -0.1) is 0 Å². The van der Waals surface area contributed by atoms with Crippen LogP contribution >= 0.6 is 0 Å². The van der Waals surface area contributed by atoms with Crippen molar-refractivity contribution in [3.63, 3.8) is 0 Å². The number of carbonyl (C=O) groups excluding carboxylic acids is 2. The van der Waals surface area contributed by atoms with Gasteiger partial charge in [0, 0.05) is 36.2 Å². The number of aryl methyl sites for hydroxylation is 1. The van der Waals surface area contributed by atoms with E-state index in [1.165, 1.54) is 0 Å². The maximum absolute atomic E-state index is 13.3. The lowest BCUT2D eigenvalue weighted by Gasteiger charge is -2.34. The predicted octanol–water partition coefficient (Wildman–Crippen LogP) is 3.23. The van der Waals surface area contributed by atoms with Crippen molar-refractivity contribution >= 4 is 17.5 Å². The molecule has 1 aliphatic carbocycles. The van der Waals surface area contributed by atoms with Gasteiger partial charge in [-0.2, -0.15) is 5.10 Å². The fourth-order valence-electron chi connectivity index (χ4n) is 4.62. The van der Waals surface area contributed by atoms with Crippen LogP contribution in [0.3, 0.4) is 0 Å². The number of furan rings is 1. The van der Waals surface area contributed by atoms with E-state index in [1.54, 1.807) is 31.4 Å². The van der Waals surface area contributed by atoms with E-state index in [0.717, 1.165) is 61.4 Å². The highest BCUT2D eigenvalue weighted by atomic mass is 16.5. The molecule has 0 bridgehead atoms. The van der Waals surface area contributed by atoms with Crippen LogP contribution in [0.2, 0.25) is 0 Å². The average molecular weight is 453 g/mol. The number of piperidine rings is 1. The smallest absolute Gasteiger partial charge is 0.289 e. The first-order valence-corrected chi connectivity index (χ1v) is 11.5. The maximum atomic E-state index is 13.3. The van der Waals surface area contributed by atoms with Gasteiger partial charge < -0.3 is 19.0 Å². The SMILES string of the molecule is COc1ccc(C(=O)N/N=C2\CCCc3oc(C(=O)N(C)C4CCN(C)CC4)c(C)c32)cc1. The molecule has 0 radical (unpaired) electrons. The van der Waals surface area contributed by atoms with Crippen LogP contribution in [-0.4, -0.2) is 67.7 Å². The Labute approximate surface area is 194 Å². The van der Waals surface area contributed by atoms with Gasteiger partial charge in [0.25, 0.3) is 11.8 Å². The number of hydrazone groups is 1. The Hall–Kier alpha value is -3.13. The molecule has 4 rings (SSSR count). The van der Waals surface area contributed by atoms with Gasteiger partial charge in [0.2, 0.25) is 0 Å². The number of amides is 2. The van der Waals surface area contributed by atoms with Crippen LogP contribution in [0.25, 0.3) is 0 Å². The Morgan fingerprint density at radius 2 is 1.88 bits per heavy atom. The van der Waals surface area contributed by atoms with Crippen molar-refractivity contribution in [2.45, 2.75) is 45.1 Å². The molecular weight excluding hydrogens is 420 g/mol. The van der Waals surface area contributed by atoms with Gasteiger partial charge in [-0.3, -0.25) is 9.59 Å². The molecule has 2 amide bonds. The second-order valence-corrected chi connectivity index (χ2v) is 8.89. The van der Waals surface area contributed by atoms with E-state index in [2.05, 4.69) is 22.5 Å². The van der Waals surface area contributed by atoms with Crippen LogP contribution in [0, 0.1) is 6.92 Å². The highest BCUT2D eigenvalue weighted by molar-refractivity contribution is 6.07. The lowest BCUT2D eigenvalue weighted by Crippen LogP contribution is -2.44. The lowest BCUT2D eigenvalue weighted by molar-refractivity contribution is 0.0625. The molecule has 1 saturated heterocycles. The molecule has 0 spiro atoms. The van der Waals surface area contributed by atoms with Gasteiger partial charge in [0.05, 0.1) is 12.8 Å². The number of nitrogens with one attached hydrogen (secondary N) is 1. The van der Waals surface area contributed by atoms with Crippen molar-refractivity contribution in [2.24, 2.45) is 5.10 Å². The first-order chi connectivity index (χ1) is 15.9. The Bertz CT molecular complexity index is 1050. The van der Waals surface area contributed by atoms with Crippen LogP contribution in [-0.2, 0) is 6.42 Å². The van der Waals surface area contributed by atoms with Crippen molar-refractivity contribution < 1.29 is 18.7 Å². The molecule has 8 heteroatoms. The van der Waals surface area contributed by atoms with Crippen LogP contribution in [0.15, 0.2) is 33.8 Å². The number of hydrogen-bond donors (Lipinski definition) is 1. The number of fused-ring (bicyclic) bond motifs is 1. The number of likely N-dealkylation sites (tertiary alicyclic amines) is 1. The first-order valence-electron chi connectivity index (χ1n) is 11.5. The molecular formula is C25H32N4O4. The molecule has 8 nitrogen and oxygen atoms in total. The Morgan fingerprint density at radius 1 is 1.18 bits per heavy atom. The third-order valence-corrected chi connectivity index (χ3v) is 6.72. The summed E-state index contributed by atoms with van der Waals surface area (Å²) >= 11 is 0. The highest BCUT2D eigenvalue weighted by Gasteiger charge is 2.32. The van der Waals surface area contributed by atoms with E-state index in [0.29, 0.717) is 23.5 Å². The summed E-state index contributed by atoms with van der Waals surface area (Å²) in [6, 6.07) is 7.07. The minimum absolute atomic E-state index is 0.0851. The zero-order valence-corrected chi connectivity index (χ0v) is 19.8. The summed E-state index contributed by atoms with van der Waals surface area (Å²) in [6.45, 7) is 3.88. The van der Waals surface area contributed by atoms with E-state index < -0.39 is 0 Å². The highest BCUT2D eigenvalue weighted by Crippen LogP contribution is 2.31. The van der Waals surface area contributed by atoms with Crippen molar-refractivity contribution in [2.75, 3.05) is 34.3 Å². The van der Waals surface area contributed by atoms with Gasteiger partial charge in [-0.25, -0.2) is 5.43 Å². The Morgan fingerprint density at radius 3 is 2.55 bits per heavy atom. The second-order valence-electron chi connectivity index (χ2n) is 8.89. The lowest BCUT2D eigenvalue weighted by atomic mass is 9.93. The summed E-state index contributed by atoms with van der Waals surface area (Å²) in [7, 11) is 5.56. The molecule has 176 valence electrons. The van der Waals surface area contributed by atoms with Gasteiger partial charge in [-0.1, -0.05) is 0 Å². The number of rotatable bonds is 5. The summed E-state index contributed by atoms with van der Waals surface area (Å²) in [4.78, 5) is 29.9. The van der Waals surface area contributed by atoms with Crippen LogP contribution in [0.1, 0.15) is 63.5 Å². The monoisotopic (exact) mass is 452 g/mol. The van der Waals surface area contributed by atoms with Gasteiger partial charge >= 0.3 is 0 Å². The number of ether oxygens (including phenoxy) is 1. The fraction of sp³-hybridized carbons (Fsp3) is 0.480. The normalized spacial score (nSPS) is 18.1. The number of methoxy groups -OCH3 is 1. The largest absolute Gasteiger partial charge is 0.497 e. The molecule has 1 aliphatic heterocycles. The van der Waals surface area contributed by atoms with Crippen LogP contribution in [0.5, 0.6) is 5.75 Å².